The molecule has 1 aliphatic heterocycles. The van der Waals surface area contributed by atoms with Crippen molar-refractivity contribution in [1.29, 1.82) is 0 Å². The molecule has 1 N–H and O–H groups in total. The lowest BCUT2D eigenvalue weighted by Gasteiger charge is -2.20. The van der Waals surface area contributed by atoms with E-state index in [4.69, 9.17) is 18.9 Å². The van der Waals surface area contributed by atoms with Gasteiger partial charge in [-0.1, -0.05) is 0 Å². The summed E-state index contributed by atoms with van der Waals surface area (Å²) in [6, 6.07) is 6.83. The van der Waals surface area contributed by atoms with Crippen LogP contribution in [0.2, 0.25) is 0 Å². The molecule has 1 amide bonds. The van der Waals surface area contributed by atoms with Crippen LogP contribution in [0.5, 0.6) is 23.0 Å². The number of ether oxygens (including phenoxy) is 4. The topological polar surface area (TPSA) is 66.0 Å². The van der Waals surface area contributed by atoms with Gasteiger partial charge in [0.05, 0.1) is 29.9 Å². The summed E-state index contributed by atoms with van der Waals surface area (Å²) >= 11 is 6.82. The molecule has 25 heavy (non-hydrogen) atoms. The zero-order chi connectivity index (χ0) is 18.0. The van der Waals surface area contributed by atoms with Crippen LogP contribution in [0.3, 0.4) is 0 Å². The molecular formula is C17H15Br2NO5. The first-order valence-electron chi connectivity index (χ1n) is 7.35. The molecule has 3 rings (SSSR count). The summed E-state index contributed by atoms with van der Waals surface area (Å²) in [6.07, 6.45) is 0. The minimum atomic E-state index is -0.339. The van der Waals surface area contributed by atoms with Crippen molar-refractivity contribution in [1.82, 2.24) is 0 Å². The number of anilines is 1. The van der Waals surface area contributed by atoms with Gasteiger partial charge in [-0.25, -0.2) is 0 Å². The average Bonchev–Trinajstić information content (AvgIpc) is 2.61. The van der Waals surface area contributed by atoms with E-state index in [0.29, 0.717) is 56.4 Å². The molecule has 2 aromatic rings. The molecule has 0 unspecified atom stereocenters. The van der Waals surface area contributed by atoms with Crippen LogP contribution in [-0.2, 0) is 0 Å². The van der Waals surface area contributed by atoms with Gasteiger partial charge in [-0.3, -0.25) is 4.79 Å². The number of nitrogens with one attached hydrogen (secondary N) is 1. The molecule has 0 saturated carbocycles. The van der Waals surface area contributed by atoms with Crippen LogP contribution >= 0.6 is 31.9 Å². The Morgan fingerprint density at radius 2 is 1.68 bits per heavy atom. The molecule has 0 radical (unpaired) electrons. The van der Waals surface area contributed by atoms with Gasteiger partial charge in [0, 0.05) is 16.6 Å². The molecule has 0 fully saturated rings. The first kappa shape index (κ1) is 17.9. The number of hydrogen-bond acceptors (Lipinski definition) is 5. The van der Waals surface area contributed by atoms with E-state index in [0.717, 1.165) is 0 Å². The predicted molar refractivity (Wildman–Crippen MR) is 100 cm³/mol. The molecule has 2 aromatic carbocycles. The van der Waals surface area contributed by atoms with Gasteiger partial charge in [-0.15, -0.1) is 0 Å². The lowest BCUT2D eigenvalue weighted by atomic mass is 10.1. The molecule has 0 aliphatic carbocycles. The van der Waals surface area contributed by atoms with Crippen LogP contribution < -0.4 is 24.3 Å². The second-order valence-corrected chi connectivity index (χ2v) is 6.83. The highest BCUT2D eigenvalue weighted by molar-refractivity contribution is 9.11. The number of methoxy groups -OCH3 is 2. The van der Waals surface area contributed by atoms with Crippen LogP contribution in [0.25, 0.3) is 0 Å². The SMILES string of the molecule is COc1cc(Br)c(OC)c(C(=O)Nc2cc3c(cc2Br)OCCO3)c1. The van der Waals surface area contributed by atoms with Crippen LogP contribution in [0, 0.1) is 0 Å². The third-order valence-corrected chi connectivity index (χ3v) is 4.83. The first-order valence-corrected chi connectivity index (χ1v) is 8.94. The van der Waals surface area contributed by atoms with Crippen molar-refractivity contribution in [3.63, 3.8) is 0 Å². The van der Waals surface area contributed by atoms with Gasteiger partial charge < -0.3 is 24.3 Å². The summed E-state index contributed by atoms with van der Waals surface area (Å²) < 4.78 is 22.9. The van der Waals surface area contributed by atoms with E-state index >= 15 is 0 Å². The van der Waals surface area contributed by atoms with Gasteiger partial charge in [0.1, 0.15) is 24.7 Å². The minimum Gasteiger partial charge on any atom is -0.497 e. The average molecular weight is 473 g/mol. The number of fused-ring (bicyclic) bond motifs is 1. The highest BCUT2D eigenvalue weighted by atomic mass is 79.9. The van der Waals surface area contributed by atoms with E-state index in [-0.39, 0.29) is 5.91 Å². The van der Waals surface area contributed by atoms with Crippen LogP contribution in [0.1, 0.15) is 10.4 Å². The van der Waals surface area contributed by atoms with Crippen molar-refractivity contribution in [3.05, 3.63) is 38.8 Å². The minimum absolute atomic E-state index is 0.339. The van der Waals surface area contributed by atoms with E-state index < -0.39 is 0 Å². The lowest BCUT2D eigenvalue weighted by Crippen LogP contribution is -2.17. The van der Waals surface area contributed by atoms with Gasteiger partial charge in [0.15, 0.2) is 11.5 Å². The monoisotopic (exact) mass is 471 g/mol. The summed E-state index contributed by atoms with van der Waals surface area (Å²) in [5.41, 5.74) is 0.908. The Labute approximate surface area is 161 Å². The number of halogens is 2. The number of hydrogen-bond donors (Lipinski definition) is 1. The van der Waals surface area contributed by atoms with Crippen molar-refractivity contribution in [2.75, 3.05) is 32.8 Å². The van der Waals surface area contributed by atoms with Gasteiger partial charge >= 0.3 is 0 Å². The van der Waals surface area contributed by atoms with Gasteiger partial charge in [0.25, 0.3) is 5.91 Å². The second-order valence-electron chi connectivity index (χ2n) is 5.12. The number of carbonyl (C=O) groups is 1. The molecule has 0 spiro atoms. The Kier molecular flexibility index (Phi) is 5.39. The Morgan fingerprint density at radius 3 is 2.32 bits per heavy atom. The Balaban J connectivity index is 1.94. The molecule has 8 heteroatoms. The van der Waals surface area contributed by atoms with Crippen LogP contribution in [0.15, 0.2) is 33.2 Å². The molecule has 0 saturated heterocycles. The van der Waals surface area contributed by atoms with E-state index in [1.54, 1.807) is 24.3 Å². The molecule has 1 aliphatic rings. The summed E-state index contributed by atoms with van der Waals surface area (Å²) in [5.74, 6) is 1.85. The normalized spacial score (nSPS) is 12.5. The third-order valence-electron chi connectivity index (χ3n) is 3.58. The largest absolute Gasteiger partial charge is 0.497 e. The van der Waals surface area contributed by atoms with Crippen molar-refractivity contribution in [3.8, 4) is 23.0 Å². The maximum absolute atomic E-state index is 12.8. The molecule has 0 aromatic heterocycles. The zero-order valence-corrected chi connectivity index (χ0v) is 16.7. The van der Waals surface area contributed by atoms with Crippen LogP contribution in [0.4, 0.5) is 5.69 Å². The number of amides is 1. The Bertz CT molecular complexity index is 825. The van der Waals surface area contributed by atoms with Gasteiger partial charge in [0.2, 0.25) is 0 Å². The first-order chi connectivity index (χ1) is 12.0. The second kappa shape index (κ2) is 7.53. The fraction of sp³-hybridized carbons (Fsp3) is 0.235. The predicted octanol–water partition coefficient (Wildman–Crippen LogP) is 4.25. The van der Waals surface area contributed by atoms with Gasteiger partial charge in [-0.2, -0.15) is 0 Å². The summed E-state index contributed by atoms with van der Waals surface area (Å²) in [5, 5.41) is 2.85. The number of rotatable bonds is 4. The van der Waals surface area contributed by atoms with Crippen molar-refractivity contribution in [2.45, 2.75) is 0 Å². The molecule has 132 valence electrons. The number of carbonyl (C=O) groups excluding carboxylic acids is 1. The summed E-state index contributed by atoms with van der Waals surface area (Å²) in [4.78, 5) is 12.8. The van der Waals surface area contributed by atoms with Crippen molar-refractivity contribution >= 4 is 43.5 Å². The maximum Gasteiger partial charge on any atom is 0.259 e. The smallest absolute Gasteiger partial charge is 0.259 e. The fourth-order valence-corrected chi connectivity index (χ4v) is 3.43. The molecule has 1 heterocycles. The van der Waals surface area contributed by atoms with Crippen molar-refractivity contribution < 1.29 is 23.7 Å². The molecule has 0 atom stereocenters. The maximum atomic E-state index is 12.8. The van der Waals surface area contributed by atoms with E-state index in [1.165, 1.54) is 14.2 Å². The fourth-order valence-electron chi connectivity index (χ4n) is 2.41. The lowest BCUT2D eigenvalue weighted by molar-refractivity contribution is 0.102. The molecule has 6 nitrogen and oxygen atoms in total. The quantitative estimate of drug-likeness (QED) is 0.720. The zero-order valence-electron chi connectivity index (χ0n) is 13.5. The third kappa shape index (κ3) is 3.69. The van der Waals surface area contributed by atoms with Crippen molar-refractivity contribution in [2.24, 2.45) is 0 Å². The van der Waals surface area contributed by atoms with E-state index in [1.807, 2.05) is 0 Å². The summed E-state index contributed by atoms with van der Waals surface area (Å²) in [6.45, 7) is 0.971. The molecular weight excluding hydrogens is 458 g/mol. The standard InChI is InChI=1S/C17H15Br2NO5/c1-22-9-5-10(16(23-2)12(19)6-9)17(21)20-13-8-15-14(7-11(13)18)24-3-4-25-15/h5-8H,3-4H2,1-2H3,(H,20,21). The van der Waals surface area contributed by atoms with Gasteiger partial charge in [-0.05, 0) is 44.0 Å². The summed E-state index contributed by atoms with van der Waals surface area (Å²) in [7, 11) is 3.04. The Morgan fingerprint density at radius 1 is 1.00 bits per heavy atom. The number of benzene rings is 2. The van der Waals surface area contributed by atoms with Crippen LogP contribution in [-0.4, -0.2) is 33.3 Å². The van der Waals surface area contributed by atoms with E-state index in [9.17, 15) is 4.79 Å². The van der Waals surface area contributed by atoms with E-state index in [2.05, 4.69) is 37.2 Å². The highest BCUT2D eigenvalue weighted by Gasteiger charge is 2.20. The molecule has 0 bridgehead atoms. The highest BCUT2D eigenvalue weighted by Crippen LogP contribution is 2.39. The Hall–Kier alpha value is -1.93.